The quantitative estimate of drug-likeness (QED) is 0.810. The Morgan fingerprint density at radius 3 is 2.57 bits per heavy atom. The van der Waals surface area contributed by atoms with Crippen molar-refractivity contribution in [2.45, 2.75) is 5.92 Å². The van der Waals surface area contributed by atoms with Crippen LogP contribution in [-0.4, -0.2) is 16.1 Å². The van der Waals surface area contributed by atoms with Gasteiger partial charge in [-0.3, -0.25) is 0 Å². The smallest absolute Gasteiger partial charge is 0.379 e. The van der Waals surface area contributed by atoms with E-state index in [9.17, 15) is 13.6 Å². The van der Waals surface area contributed by atoms with Crippen LogP contribution in [0.4, 0.5) is 8.78 Å². The summed E-state index contributed by atoms with van der Waals surface area (Å²) in [5, 5.41) is 7.55. The van der Waals surface area contributed by atoms with Gasteiger partial charge in [0.1, 0.15) is 5.15 Å². The van der Waals surface area contributed by atoms with E-state index in [0.717, 1.165) is 12.3 Å². The van der Waals surface area contributed by atoms with Crippen molar-refractivity contribution < 1.29 is 18.7 Å². The minimum absolute atomic E-state index is 0.245. The van der Waals surface area contributed by atoms with Gasteiger partial charge in [0.05, 0.1) is 10.6 Å². The van der Waals surface area contributed by atoms with Crippen LogP contribution in [0.25, 0.3) is 0 Å². The molecule has 1 heterocycles. The summed E-state index contributed by atoms with van der Waals surface area (Å²) >= 11 is 10.7. The van der Waals surface area contributed by atoms with E-state index in [4.69, 9.17) is 28.3 Å². The number of hydrogen-bond donors (Lipinski definition) is 1. The van der Waals surface area contributed by atoms with Crippen molar-refractivity contribution in [1.29, 1.82) is 0 Å². The average molecular weight is 242 g/mol. The van der Waals surface area contributed by atoms with Gasteiger partial charge in [-0.25, -0.2) is 9.78 Å². The Morgan fingerprint density at radius 2 is 2.07 bits per heavy atom. The number of aliphatic carboxylic acids is 1. The van der Waals surface area contributed by atoms with Gasteiger partial charge in [0, 0.05) is 6.20 Å². The number of hydrogen-bond acceptors (Lipinski definition) is 2. The molecule has 0 aliphatic heterocycles. The highest BCUT2D eigenvalue weighted by molar-refractivity contribution is 6.33. The molecule has 0 amide bonds. The van der Waals surface area contributed by atoms with Crippen LogP contribution in [0, 0.1) is 0 Å². The number of rotatable bonds is 2. The highest BCUT2D eigenvalue weighted by Gasteiger charge is 2.43. The number of carboxylic acids is 1. The van der Waals surface area contributed by atoms with Crippen molar-refractivity contribution in [2.75, 3.05) is 0 Å². The van der Waals surface area contributed by atoms with E-state index >= 15 is 0 Å². The summed E-state index contributed by atoms with van der Waals surface area (Å²) in [6.45, 7) is 0. The summed E-state index contributed by atoms with van der Waals surface area (Å²) in [4.78, 5) is 13.6. The lowest BCUT2D eigenvalue weighted by atomic mass is 10.1. The summed E-state index contributed by atoms with van der Waals surface area (Å²) < 4.78 is 25.9. The van der Waals surface area contributed by atoms with Gasteiger partial charge in [-0.2, -0.15) is 8.78 Å². The van der Waals surface area contributed by atoms with Crippen LogP contribution in [0.2, 0.25) is 10.2 Å². The maximum absolute atomic E-state index is 12.9. The van der Waals surface area contributed by atoms with Gasteiger partial charge in [0.25, 0.3) is 0 Å². The molecule has 0 aliphatic rings. The Bertz CT molecular complexity index is 384. The number of aromatic nitrogens is 1. The first kappa shape index (κ1) is 11.1. The Balaban J connectivity index is 3.31. The minimum atomic E-state index is -4.07. The molecule has 0 spiro atoms. The summed E-state index contributed by atoms with van der Waals surface area (Å²) in [5.74, 6) is -6.36. The van der Waals surface area contributed by atoms with Gasteiger partial charge in [0.2, 0.25) is 0 Å². The maximum Gasteiger partial charge on any atom is 0.379 e. The van der Waals surface area contributed by atoms with Crippen molar-refractivity contribution in [1.82, 2.24) is 4.98 Å². The minimum Gasteiger partial charge on any atom is -0.477 e. The van der Waals surface area contributed by atoms with Gasteiger partial charge in [-0.1, -0.05) is 23.2 Å². The molecule has 0 saturated heterocycles. The van der Waals surface area contributed by atoms with Crippen molar-refractivity contribution in [2.24, 2.45) is 0 Å². The van der Waals surface area contributed by atoms with E-state index < -0.39 is 22.5 Å². The second kappa shape index (κ2) is 3.67. The van der Waals surface area contributed by atoms with Gasteiger partial charge >= 0.3 is 11.9 Å². The monoisotopic (exact) mass is 241 g/mol. The summed E-state index contributed by atoms with van der Waals surface area (Å²) in [5.41, 5.74) is -0.869. The molecule has 1 aromatic rings. The highest BCUT2D eigenvalue weighted by atomic mass is 35.5. The molecule has 1 N–H and O–H groups in total. The average Bonchev–Trinajstić information content (AvgIpc) is 2.08. The Morgan fingerprint density at radius 1 is 1.50 bits per heavy atom. The molecule has 0 saturated carbocycles. The molecule has 14 heavy (non-hydrogen) atoms. The molecule has 0 bridgehead atoms. The van der Waals surface area contributed by atoms with Crippen LogP contribution in [-0.2, 0) is 10.7 Å². The van der Waals surface area contributed by atoms with E-state index in [0.29, 0.717) is 0 Å². The summed E-state index contributed by atoms with van der Waals surface area (Å²) in [7, 11) is 0. The maximum atomic E-state index is 12.9. The van der Waals surface area contributed by atoms with Crippen LogP contribution >= 0.6 is 23.2 Å². The number of alkyl halides is 2. The number of halogens is 4. The van der Waals surface area contributed by atoms with E-state index in [1.807, 2.05) is 0 Å². The molecular weight excluding hydrogens is 239 g/mol. The van der Waals surface area contributed by atoms with Crippen molar-refractivity contribution in [3.05, 3.63) is 28.0 Å². The van der Waals surface area contributed by atoms with Gasteiger partial charge in [-0.15, -0.1) is 0 Å². The van der Waals surface area contributed by atoms with Crippen molar-refractivity contribution in [3.8, 4) is 0 Å². The van der Waals surface area contributed by atoms with E-state index in [2.05, 4.69) is 4.98 Å². The zero-order valence-corrected chi connectivity index (χ0v) is 7.98. The Kier molecular flexibility index (Phi) is 2.92. The fourth-order valence-corrected chi connectivity index (χ4v) is 1.15. The lowest BCUT2D eigenvalue weighted by Gasteiger charge is -2.12. The topological polar surface area (TPSA) is 50.2 Å². The van der Waals surface area contributed by atoms with E-state index in [-0.39, 0.29) is 5.15 Å². The third kappa shape index (κ3) is 1.93. The van der Waals surface area contributed by atoms with Crippen LogP contribution < -0.4 is 0 Å². The van der Waals surface area contributed by atoms with E-state index in [1.165, 1.54) is 0 Å². The molecule has 0 atom stereocenters. The number of carboxylic acid groups (broad SMARTS) is 1. The van der Waals surface area contributed by atoms with E-state index in [1.54, 1.807) is 0 Å². The van der Waals surface area contributed by atoms with Crippen LogP contribution in [0.15, 0.2) is 12.3 Å². The van der Waals surface area contributed by atoms with Crippen LogP contribution in [0.3, 0.4) is 0 Å². The molecule has 1 aromatic heterocycles. The normalized spacial score (nSPS) is 11.4. The SMILES string of the molecule is O=C(O)C(F)(F)c1cc(Cl)ncc1Cl. The molecule has 0 radical (unpaired) electrons. The third-order valence-electron chi connectivity index (χ3n) is 1.43. The Hall–Kier alpha value is -0.940. The van der Waals surface area contributed by atoms with Crippen LogP contribution in [0.5, 0.6) is 0 Å². The molecule has 3 nitrogen and oxygen atoms in total. The number of nitrogens with zero attached hydrogens (tertiary/aromatic N) is 1. The highest BCUT2D eigenvalue weighted by Crippen LogP contribution is 2.34. The summed E-state index contributed by atoms with van der Waals surface area (Å²) in [6.07, 6.45) is 0.871. The molecule has 0 aromatic carbocycles. The predicted molar refractivity (Wildman–Crippen MR) is 45.8 cm³/mol. The van der Waals surface area contributed by atoms with Crippen LogP contribution in [0.1, 0.15) is 5.56 Å². The van der Waals surface area contributed by atoms with Gasteiger partial charge < -0.3 is 5.11 Å². The third-order valence-corrected chi connectivity index (χ3v) is 1.94. The lowest BCUT2D eigenvalue weighted by Crippen LogP contribution is -2.25. The predicted octanol–water partition coefficient (Wildman–Crippen LogP) is 2.56. The van der Waals surface area contributed by atoms with Crippen molar-refractivity contribution in [3.63, 3.8) is 0 Å². The molecule has 76 valence electrons. The lowest BCUT2D eigenvalue weighted by molar-refractivity contribution is -0.166. The largest absolute Gasteiger partial charge is 0.477 e. The first-order valence-corrected chi connectivity index (χ1v) is 4.04. The molecular formula is C7H3Cl2F2NO2. The summed E-state index contributed by atoms with van der Waals surface area (Å²) in [6, 6.07) is 0.720. The molecule has 0 unspecified atom stereocenters. The zero-order chi connectivity index (χ0) is 10.9. The fraction of sp³-hybridized carbons (Fsp3) is 0.143. The molecule has 0 fully saturated rings. The standard InChI is InChI=1S/C7H3Cl2F2NO2/c8-4-2-12-5(9)1-3(4)7(10,11)6(13)14/h1-2H,(H,13,14). The molecule has 1 rings (SSSR count). The Labute approximate surface area is 87.3 Å². The fourth-order valence-electron chi connectivity index (χ4n) is 0.769. The number of pyridine rings is 1. The zero-order valence-electron chi connectivity index (χ0n) is 6.47. The first-order chi connectivity index (χ1) is 6.35. The number of carbonyl (C=O) groups is 1. The van der Waals surface area contributed by atoms with Crippen molar-refractivity contribution >= 4 is 29.2 Å². The first-order valence-electron chi connectivity index (χ1n) is 3.28. The molecule has 7 heteroatoms. The molecule has 0 aliphatic carbocycles. The van der Waals surface area contributed by atoms with Gasteiger partial charge in [0.15, 0.2) is 0 Å². The van der Waals surface area contributed by atoms with Gasteiger partial charge in [-0.05, 0) is 6.07 Å². The second-order valence-corrected chi connectivity index (χ2v) is 3.16. The second-order valence-electron chi connectivity index (χ2n) is 2.37.